The zero-order chi connectivity index (χ0) is 13.3. The van der Waals surface area contributed by atoms with E-state index in [9.17, 15) is 9.90 Å². The van der Waals surface area contributed by atoms with Crippen molar-refractivity contribution < 1.29 is 15.0 Å². The molecule has 2 rings (SSSR count). The van der Waals surface area contributed by atoms with Gasteiger partial charge in [-0.1, -0.05) is 16.8 Å². The van der Waals surface area contributed by atoms with E-state index in [2.05, 4.69) is 10.3 Å². The number of rotatable bonds is 3. The number of aliphatic carboxylic acids is 1. The summed E-state index contributed by atoms with van der Waals surface area (Å²) in [5.74, 6) is -0.890. The number of carbonyl (C=O) groups is 1. The third-order valence-electron chi connectivity index (χ3n) is 2.44. The van der Waals surface area contributed by atoms with Crippen LogP contribution in [0.1, 0.15) is 11.3 Å². The van der Waals surface area contributed by atoms with Crippen molar-refractivity contribution in [1.29, 1.82) is 0 Å². The van der Waals surface area contributed by atoms with E-state index in [0.717, 1.165) is 5.56 Å². The number of aromatic nitrogens is 3. The van der Waals surface area contributed by atoms with E-state index >= 15 is 0 Å². The van der Waals surface area contributed by atoms with E-state index < -0.39 is 5.97 Å². The lowest BCUT2D eigenvalue weighted by Crippen LogP contribution is -2.09. The first-order valence-electron chi connectivity index (χ1n) is 5.11. The van der Waals surface area contributed by atoms with Crippen molar-refractivity contribution in [3.05, 3.63) is 34.6 Å². The quantitative estimate of drug-likeness (QED) is 0.881. The molecule has 7 heteroatoms. The van der Waals surface area contributed by atoms with Gasteiger partial charge in [0.1, 0.15) is 5.75 Å². The van der Waals surface area contributed by atoms with E-state index in [1.807, 2.05) is 0 Å². The monoisotopic (exact) mass is 267 g/mol. The molecule has 2 N–H and O–H groups in total. The van der Waals surface area contributed by atoms with Gasteiger partial charge in [0.25, 0.3) is 0 Å². The molecule has 0 aliphatic carbocycles. The van der Waals surface area contributed by atoms with Crippen LogP contribution in [0.5, 0.6) is 5.75 Å². The highest BCUT2D eigenvalue weighted by Gasteiger charge is 2.16. The number of carboxylic acid groups (broad SMARTS) is 1. The van der Waals surface area contributed by atoms with Gasteiger partial charge in [-0.25, -0.2) is 4.68 Å². The molecular weight excluding hydrogens is 258 g/mol. The molecule has 0 spiro atoms. The Morgan fingerprint density at radius 2 is 2.22 bits per heavy atom. The Hall–Kier alpha value is -2.08. The number of benzene rings is 1. The molecule has 18 heavy (non-hydrogen) atoms. The highest BCUT2D eigenvalue weighted by Crippen LogP contribution is 2.23. The fourth-order valence-electron chi connectivity index (χ4n) is 1.64. The highest BCUT2D eigenvalue weighted by molar-refractivity contribution is 6.30. The van der Waals surface area contributed by atoms with Gasteiger partial charge in [0, 0.05) is 0 Å². The summed E-state index contributed by atoms with van der Waals surface area (Å²) in [5, 5.41) is 25.7. The first kappa shape index (κ1) is 12.4. The van der Waals surface area contributed by atoms with Crippen molar-refractivity contribution in [3.63, 3.8) is 0 Å². The highest BCUT2D eigenvalue weighted by atomic mass is 35.5. The van der Waals surface area contributed by atoms with Gasteiger partial charge in [-0.15, -0.1) is 5.10 Å². The SMILES string of the molecule is Cc1cc(O)ccc1-n1nnc(Cl)c1CC(=O)O. The maximum atomic E-state index is 10.8. The average Bonchev–Trinajstić information content (AvgIpc) is 2.60. The van der Waals surface area contributed by atoms with Crippen molar-refractivity contribution in [2.45, 2.75) is 13.3 Å². The molecule has 6 nitrogen and oxygen atoms in total. The maximum absolute atomic E-state index is 10.8. The third kappa shape index (κ3) is 2.28. The number of carboxylic acids is 1. The van der Waals surface area contributed by atoms with Gasteiger partial charge in [0.15, 0.2) is 5.15 Å². The number of aryl methyl sites for hydroxylation is 1. The average molecular weight is 268 g/mol. The van der Waals surface area contributed by atoms with Crippen molar-refractivity contribution in [2.75, 3.05) is 0 Å². The van der Waals surface area contributed by atoms with Gasteiger partial charge in [-0.2, -0.15) is 0 Å². The van der Waals surface area contributed by atoms with Crippen LogP contribution >= 0.6 is 11.6 Å². The number of nitrogens with zero attached hydrogens (tertiary/aromatic N) is 3. The number of hydrogen-bond acceptors (Lipinski definition) is 4. The summed E-state index contributed by atoms with van der Waals surface area (Å²) in [7, 11) is 0. The Bertz CT molecular complexity index is 610. The standard InChI is InChI=1S/C11H10ClN3O3/c1-6-4-7(16)2-3-8(6)15-9(5-10(17)18)11(12)13-14-15/h2-4,16H,5H2,1H3,(H,17,18). The van der Waals surface area contributed by atoms with E-state index in [0.29, 0.717) is 11.4 Å². The largest absolute Gasteiger partial charge is 0.508 e. The molecule has 0 aliphatic heterocycles. The Labute approximate surface area is 107 Å². The van der Waals surface area contributed by atoms with Crippen LogP contribution in [-0.4, -0.2) is 31.2 Å². The molecule has 0 unspecified atom stereocenters. The first-order valence-corrected chi connectivity index (χ1v) is 5.48. The number of halogens is 1. The minimum Gasteiger partial charge on any atom is -0.508 e. The predicted molar refractivity (Wildman–Crippen MR) is 64.1 cm³/mol. The molecular formula is C11H10ClN3O3. The molecule has 2 aromatic rings. The van der Waals surface area contributed by atoms with Crippen LogP contribution in [0, 0.1) is 6.92 Å². The summed E-state index contributed by atoms with van der Waals surface area (Å²) in [6, 6.07) is 4.67. The van der Waals surface area contributed by atoms with Gasteiger partial charge in [0.2, 0.25) is 0 Å². The van der Waals surface area contributed by atoms with Gasteiger partial charge >= 0.3 is 5.97 Å². The van der Waals surface area contributed by atoms with Gasteiger partial charge in [0.05, 0.1) is 17.8 Å². The minimum atomic E-state index is -1.02. The number of aromatic hydroxyl groups is 1. The summed E-state index contributed by atoms with van der Waals surface area (Å²) in [4.78, 5) is 10.8. The fourth-order valence-corrected chi connectivity index (χ4v) is 1.83. The zero-order valence-corrected chi connectivity index (χ0v) is 10.2. The van der Waals surface area contributed by atoms with E-state index in [4.69, 9.17) is 16.7 Å². The van der Waals surface area contributed by atoms with E-state index in [1.165, 1.54) is 10.7 Å². The van der Waals surface area contributed by atoms with Crippen LogP contribution in [0.3, 0.4) is 0 Å². The molecule has 0 aliphatic rings. The van der Waals surface area contributed by atoms with E-state index in [-0.39, 0.29) is 17.3 Å². The summed E-state index contributed by atoms with van der Waals surface area (Å²) in [6.07, 6.45) is -0.272. The molecule has 0 saturated carbocycles. The second kappa shape index (κ2) is 4.66. The van der Waals surface area contributed by atoms with Gasteiger partial charge < -0.3 is 10.2 Å². The van der Waals surface area contributed by atoms with Crippen molar-refractivity contribution in [3.8, 4) is 11.4 Å². The lowest BCUT2D eigenvalue weighted by atomic mass is 10.2. The number of phenolic OH excluding ortho intramolecular Hbond substituents is 1. The van der Waals surface area contributed by atoms with Crippen molar-refractivity contribution >= 4 is 17.6 Å². The molecule has 0 saturated heterocycles. The lowest BCUT2D eigenvalue weighted by molar-refractivity contribution is -0.136. The van der Waals surface area contributed by atoms with Crippen LogP contribution in [0.15, 0.2) is 18.2 Å². The smallest absolute Gasteiger partial charge is 0.309 e. The predicted octanol–water partition coefficient (Wildman–Crippen LogP) is 1.56. The molecule has 0 amide bonds. The molecule has 1 heterocycles. The Balaban J connectivity index is 2.53. The Kier molecular flexibility index (Phi) is 3.20. The molecule has 0 bridgehead atoms. The van der Waals surface area contributed by atoms with Crippen molar-refractivity contribution in [2.24, 2.45) is 0 Å². The van der Waals surface area contributed by atoms with Crippen LogP contribution in [0.2, 0.25) is 5.15 Å². The molecule has 0 atom stereocenters. The maximum Gasteiger partial charge on any atom is 0.309 e. The van der Waals surface area contributed by atoms with Crippen molar-refractivity contribution in [1.82, 2.24) is 15.0 Å². The fraction of sp³-hybridized carbons (Fsp3) is 0.182. The Morgan fingerprint density at radius 1 is 1.50 bits per heavy atom. The number of hydrogen-bond donors (Lipinski definition) is 2. The number of phenols is 1. The lowest BCUT2D eigenvalue weighted by Gasteiger charge is -2.08. The Morgan fingerprint density at radius 3 is 2.83 bits per heavy atom. The normalized spacial score (nSPS) is 10.6. The first-order chi connectivity index (χ1) is 8.49. The minimum absolute atomic E-state index is 0.0601. The topological polar surface area (TPSA) is 88.2 Å². The second-order valence-corrected chi connectivity index (χ2v) is 4.14. The van der Waals surface area contributed by atoms with Crippen LogP contribution in [0.4, 0.5) is 0 Å². The van der Waals surface area contributed by atoms with Crippen LogP contribution in [-0.2, 0) is 11.2 Å². The zero-order valence-electron chi connectivity index (χ0n) is 9.46. The second-order valence-electron chi connectivity index (χ2n) is 3.78. The summed E-state index contributed by atoms with van der Waals surface area (Å²) in [5.41, 5.74) is 1.67. The summed E-state index contributed by atoms with van der Waals surface area (Å²) >= 11 is 5.82. The molecule has 1 aromatic heterocycles. The van der Waals surface area contributed by atoms with Gasteiger partial charge in [-0.05, 0) is 30.7 Å². The van der Waals surface area contributed by atoms with Gasteiger partial charge in [-0.3, -0.25) is 4.79 Å². The summed E-state index contributed by atoms with van der Waals surface area (Å²) in [6.45, 7) is 1.77. The molecule has 0 fully saturated rings. The molecule has 0 radical (unpaired) electrons. The molecule has 1 aromatic carbocycles. The van der Waals surface area contributed by atoms with E-state index in [1.54, 1.807) is 19.1 Å². The van der Waals surface area contributed by atoms with Crippen LogP contribution in [0.25, 0.3) is 5.69 Å². The summed E-state index contributed by atoms with van der Waals surface area (Å²) < 4.78 is 1.37. The van der Waals surface area contributed by atoms with Crippen LogP contribution < -0.4 is 0 Å². The third-order valence-corrected chi connectivity index (χ3v) is 2.74. The molecule has 94 valence electrons.